The first-order valence-corrected chi connectivity index (χ1v) is 10.7. The molecule has 0 radical (unpaired) electrons. The van der Waals surface area contributed by atoms with Crippen LogP contribution in [0.1, 0.15) is 68.1 Å². The molecule has 0 unspecified atom stereocenters. The van der Waals surface area contributed by atoms with Crippen molar-refractivity contribution in [3.8, 4) is 11.4 Å². The van der Waals surface area contributed by atoms with E-state index in [0.29, 0.717) is 17.8 Å². The van der Waals surface area contributed by atoms with Crippen molar-refractivity contribution in [3.63, 3.8) is 0 Å². The molecule has 3 aromatic heterocycles. The molecule has 1 saturated carbocycles. The Morgan fingerprint density at radius 1 is 1.23 bits per heavy atom. The van der Waals surface area contributed by atoms with Crippen molar-refractivity contribution in [1.29, 1.82) is 0 Å². The standard InChI is InChI=1S/C23H25N5O3/c1-14(2)20(25-22(29)19-8-5-11-30-19)23-26-21(27-31-23)15-9-10-18-17(12-15)24-13-28(18)16-6-3-4-7-16/h5,8-14,16,20H,3-4,6-7H2,1-2H3,(H,25,29)/t20-/m0/s1. The Morgan fingerprint density at radius 3 is 2.81 bits per heavy atom. The summed E-state index contributed by atoms with van der Waals surface area (Å²) in [5.74, 6) is 0.819. The van der Waals surface area contributed by atoms with Gasteiger partial charge < -0.3 is 18.8 Å². The Balaban J connectivity index is 1.39. The minimum Gasteiger partial charge on any atom is -0.459 e. The molecule has 1 aliphatic carbocycles. The van der Waals surface area contributed by atoms with Crippen LogP contribution in [0.3, 0.4) is 0 Å². The van der Waals surface area contributed by atoms with Gasteiger partial charge in [0.2, 0.25) is 11.7 Å². The van der Waals surface area contributed by atoms with E-state index in [4.69, 9.17) is 8.94 Å². The normalized spacial score (nSPS) is 15.7. The van der Waals surface area contributed by atoms with Gasteiger partial charge in [-0.1, -0.05) is 31.8 Å². The average molecular weight is 419 g/mol. The number of carbonyl (C=O) groups is 1. The number of furan rings is 1. The first-order chi connectivity index (χ1) is 15.1. The maximum atomic E-state index is 12.4. The fraction of sp³-hybridized carbons (Fsp3) is 0.391. The lowest BCUT2D eigenvalue weighted by atomic mass is 10.0. The van der Waals surface area contributed by atoms with Crippen molar-refractivity contribution in [2.45, 2.75) is 51.6 Å². The number of carbonyl (C=O) groups excluding carboxylic acids is 1. The summed E-state index contributed by atoms with van der Waals surface area (Å²) in [4.78, 5) is 21.6. The van der Waals surface area contributed by atoms with Crippen molar-refractivity contribution < 1.29 is 13.7 Å². The summed E-state index contributed by atoms with van der Waals surface area (Å²) < 4.78 is 13.0. The molecule has 160 valence electrons. The molecule has 0 spiro atoms. The number of benzene rings is 1. The van der Waals surface area contributed by atoms with Crippen molar-refractivity contribution >= 4 is 16.9 Å². The van der Waals surface area contributed by atoms with E-state index in [1.807, 2.05) is 32.3 Å². The summed E-state index contributed by atoms with van der Waals surface area (Å²) in [5.41, 5.74) is 2.88. The summed E-state index contributed by atoms with van der Waals surface area (Å²) in [6.07, 6.45) is 8.38. The Kier molecular flexibility index (Phi) is 5.05. The molecule has 8 nitrogen and oxygen atoms in total. The second-order valence-corrected chi connectivity index (χ2v) is 8.42. The Bertz CT molecular complexity index is 1190. The van der Waals surface area contributed by atoms with Gasteiger partial charge in [-0.15, -0.1) is 0 Å². The van der Waals surface area contributed by atoms with Crippen molar-refractivity contribution in [3.05, 3.63) is 54.6 Å². The number of nitrogens with zero attached hydrogens (tertiary/aromatic N) is 4. The summed E-state index contributed by atoms with van der Waals surface area (Å²) in [7, 11) is 0. The summed E-state index contributed by atoms with van der Waals surface area (Å²) in [6, 6.07) is 9.46. The number of amides is 1. The van der Waals surface area contributed by atoms with Crippen molar-refractivity contribution in [2.24, 2.45) is 5.92 Å². The quantitative estimate of drug-likeness (QED) is 0.476. The number of imidazole rings is 1. The third-order valence-corrected chi connectivity index (χ3v) is 5.96. The van der Waals surface area contributed by atoms with E-state index in [-0.39, 0.29) is 17.6 Å². The molecule has 0 saturated heterocycles. The molecule has 1 aliphatic rings. The Hall–Kier alpha value is -3.42. The molecule has 31 heavy (non-hydrogen) atoms. The van der Waals surface area contributed by atoms with Crippen LogP contribution in [0.25, 0.3) is 22.4 Å². The Morgan fingerprint density at radius 2 is 2.06 bits per heavy atom. The zero-order valence-corrected chi connectivity index (χ0v) is 17.6. The zero-order valence-electron chi connectivity index (χ0n) is 17.6. The molecule has 1 atom stereocenters. The number of nitrogens with one attached hydrogen (secondary N) is 1. The monoisotopic (exact) mass is 419 g/mol. The van der Waals surface area contributed by atoms with Gasteiger partial charge in [-0.2, -0.15) is 4.98 Å². The molecule has 8 heteroatoms. The highest BCUT2D eigenvalue weighted by molar-refractivity contribution is 5.91. The fourth-order valence-electron chi connectivity index (χ4n) is 4.26. The summed E-state index contributed by atoms with van der Waals surface area (Å²) in [6.45, 7) is 3.97. The molecule has 1 aromatic carbocycles. The van der Waals surface area contributed by atoms with Crippen LogP contribution >= 0.6 is 0 Å². The fourth-order valence-corrected chi connectivity index (χ4v) is 4.26. The predicted octanol–water partition coefficient (Wildman–Crippen LogP) is 4.92. The number of rotatable bonds is 6. The number of aromatic nitrogens is 4. The van der Waals surface area contributed by atoms with Crippen molar-refractivity contribution in [1.82, 2.24) is 25.0 Å². The molecule has 0 bridgehead atoms. The topological polar surface area (TPSA) is 99.0 Å². The molecule has 1 fully saturated rings. The minimum absolute atomic E-state index is 0.0526. The molecule has 5 rings (SSSR count). The molecule has 4 aromatic rings. The Labute approximate surface area is 179 Å². The van der Waals surface area contributed by atoms with Crippen LogP contribution in [0.5, 0.6) is 0 Å². The van der Waals surface area contributed by atoms with E-state index >= 15 is 0 Å². The van der Waals surface area contributed by atoms with E-state index in [1.165, 1.54) is 31.9 Å². The van der Waals surface area contributed by atoms with Crippen LogP contribution in [0, 0.1) is 5.92 Å². The lowest BCUT2D eigenvalue weighted by molar-refractivity contribution is 0.0885. The number of hydrogen-bond acceptors (Lipinski definition) is 6. The lowest BCUT2D eigenvalue weighted by Gasteiger charge is -2.17. The summed E-state index contributed by atoms with van der Waals surface area (Å²) >= 11 is 0. The zero-order chi connectivity index (χ0) is 21.4. The van der Waals surface area contributed by atoms with Gasteiger partial charge in [0.15, 0.2) is 5.76 Å². The highest BCUT2D eigenvalue weighted by Crippen LogP contribution is 2.33. The predicted molar refractivity (Wildman–Crippen MR) is 114 cm³/mol. The van der Waals surface area contributed by atoms with Crippen LogP contribution in [-0.4, -0.2) is 25.6 Å². The minimum atomic E-state index is -0.427. The molecule has 1 amide bonds. The SMILES string of the molecule is CC(C)[C@H](NC(=O)c1ccco1)c1nc(-c2ccc3c(c2)ncn3C2CCCC2)no1. The third kappa shape index (κ3) is 3.73. The first kappa shape index (κ1) is 19.5. The van der Waals surface area contributed by atoms with Gasteiger partial charge in [0.25, 0.3) is 5.91 Å². The van der Waals surface area contributed by atoms with Gasteiger partial charge in [0, 0.05) is 11.6 Å². The molecular weight excluding hydrogens is 394 g/mol. The van der Waals surface area contributed by atoms with Gasteiger partial charge in [0.1, 0.15) is 6.04 Å². The van der Waals surface area contributed by atoms with E-state index in [0.717, 1.165) is 16.6 Å². The van der Waals surface area contributed by atoms with Gasteiger partial charge >= 0.3 is 0 Å². The van der Waals surface area contributed by atoms with Crippen molar-refractivity contribution in [2.75, 3.05) is 0 Å². The highest BCUT2D eigenvalue weighted by Gasteiger charge is 2.26. The van der Waals surface area contributed by atoms with Crippen LogP contribution in [0.4, 0.5) is 0 Å². The molecular formula is C23H25N5O3. The van der Waals surface area contributed by atoms with E-state index in [1.54, 1.807) is 12.1 Å². The maximum Gasteiger partial charge on any atom is 0.287 e. The van der Waals surface area contributed by atoms with Crippen LogP contribution in [0.2, 0.25) is 0 Å². The van der Waals surface area contributed by atoms with E-state index < -0.39 is 6.04 Å². The first-order valence-electron chi connectivity index (χ1n) is 10.7. The molecule has 1 N–H and O–H groups in total. The maximum absolute atomic E-state index is 12.4. The summed E-state index contributed by atoms with van der Waals surface area (Å²) in [5, 5.41) is 7.07. The molecule has 0 aliphatic heterocycles. The second kappa shape index (κ2) is 8.02. The van der Waals surface area contributed by atoms with E-state index in [9.17, 15) is 4.79 Å². The van der Waals surface area contributed by atoms with Crippen LogP contribution in [0.15, 0.2) is 51.9 Å². The van der Waals surface area contributed by atoms with Gasteiger partial charge in [-0.3, -0.25) is 4.79 Å². The van der Waals surface area contributed by atoms with Gasteiger partial charge in [0.05, 0.1) is 23.6 Å². The van der Waals surface area contributed by atoms with Crippen LogP contribution < -0.4 is 5.32 Å². The van der Waals surface area contributed by atoms with Gasteiger partial charge in [-0.05, 0) is 49.1 Å². The smallest absolute Gasteiger partial charge is 0.287 e. The molecule has 3 heterocycles. The average Bonchev–Trinajstić information content (AvgIpc) is 3.55. The highest BCUT2D eigenvalue weighted by atomic mass is 16.5. The second-order valence-electron chi connectivity index (χ2n) is 8.42. The third-order valence-electron chi connectivity index (χ3n) is 5.96. The largest absolute Gasteiger partial charge is 0.459 e. The lowest BCUT2D eigenvalue weighted by Crippen LogP contribution is -2.31. The number of fused-ring (bicyclic) bond motifs is 1. The van der Waals surface area contributed by atoms with Gasteiger partial charge in [-0.25, -0.2) is 4.98 Å². The van der Waals surface area contributed by atoms with E-state index in [2.05, 4.69) is 31.1 Å². The number of hydrogen-bond donors (Lipinski definition) is 1. The van der Waals surface area contributed by atoms with Crippen LogP contribution in [-0.2, 0) is 0 Å².